The second kappa shape index (κ2) is 4.85. The first-order chi connectivity index (χ1) is 9.63. The third-order valence-electron chi connectivity index (χ3n) is 3.24. The Morgan fingerprint density at radius 1 is 1.25 bits per heavy atom. The monoisotopic (exact) mass is 270 g/mol. The molecule has 102 valence electrons. The van der Waals surface area contributed by atoms with Crippen LogP contribution in [0.3, 0.4) is 0 Å². The number of hydrogen-bond acceptors (Lipinski definition) is 3. The van der Waals surface area contributed by atoms with Crippen LogP contribution in [-0.2, 0) is 13.6 Å². The highest BCUT2D eigenvalue weighted by atomic mass is 19.1. The average Bonchev–Trinajstić information content (AvgIpc) is 2.72. The predicted molar refractivity (Wildman–Crippen MR) is 78.9 cm³/mol. The first-order valence-electron chi connectivity index (χ1n) is 6.34. The number of anilines is 2. The Morgan fingerprint density at radius 3 is 2.90 bits per heavy atom. The van der Waals surface area contributed by atoms with E-state index in [0.717, 1.165) is 22.5 Å². The summed E-state index contributed by atoms with van der Waals surface area (Å²) in [7, 11) is 1.93. The topological polar surface area (TPSA) is 55.9 Å². The van der Waals surface area contributed by atoms with Crippen molar-refractivity contribution in [3.8, 4) is 0 Å². The molecule has 0 saturated heterocycles. The maximum absolute atomic E-state index is 13.1. The Labute approximate surface area is 116 Å². The minimum Gasteiger partial charge on any atom is -0.399 e. The molecule has 3 aromatic rings. The summed E-state index contributed by atoms with van der Waals surface area (Å²) < 4.78 is 15.1. The fourth-order valence-corrected chi connectivity index (χ4v) is 2.20. The van der Waals surface area contributed by atoms with E-state index in [1.165, 1.54) is 12.1 Å². The highest BCUT2D eigenvalue weighted by Crippen LogP contribution is 2.20. The van der Waals surface area contributed by atoms with Gasteiger partial charge in [0.1, 0.15) is 5.82 Å². The lowest BCUT2D eigenvalue weighted by atomic mass is 10.2. The van der Waals surface area contributed by atoms with Crippen molar-refractivity contribution in [3.05, 3.63) is 53.8 Å². The van der Waals surface area contributed by atoms with Gasteiger partial charge in [0.25, 0.3) is 0 Å². The number of hydrogen-bond donors (Lipinski definition) is 2. The van der Waals surface area contributed by atoms with Crippen LogP contribution in [0.2, 0.25) is 0 Å². The Morgan fingerprint density at radius 2 is 2.10 bits per heavy atom. The Balaban J connectivity index is 1.86. The molecular weight excluding hydrogens is 255 g/mol. The van der Waals surface area contributed by atoms with Crippen molar-refractivity contribution >= 4 is 22.7 Å². The number of halogens is 1. The number of imidazole rings is 1. The lowest BCUT2D eigenvalue weighted by molar-refractivity contribution is 0.626. The van der Waals surface area contributed by atoms with E-state index in [2.05, 4.69) is 10.3 Å². The average molecular weight is 270 g/mol. The third-order valence-corrected chi connectivity index (χ3v) is 3.24. The van der Waals surface area contributed by atoms with E-state index in [9.17, 15) is 4.39 Å². The van der Waals surface area contributed by atoms with Crippen molar-refractivity contribution in [2.75, 3.05) is 11.1 Å². The van der Waals surface area contributed by atoms with Gasteiger partial charge in [-0.05, 0) is 35.9 Å². The summed E-state index contributed by atoms with van der Waals surface area (Å²) in [6.45, 7) is 0.518. The van der Waals surface area contributed by atoms with Crippen molar-refractivity contribution in [2.45, 2.75) is 6.54 Å². The van der Waals surface area contributed by atoms with Gasteiger partial charge in [-0.3, -0.25) is 0 Å². The van der Waals surface area contributed by atoms with Crippen LogP contribution in [0, 0.1) is 5.82 Å². The van der Waals surface area contributed by atoms with Crippen LogP contribution in [0.15, 0.2) is 42.5 Å². The smallest absolute Gasteiger partial charge is 0.203 e. The van der Waals surface area contributed by atoms with Crippen LogP contribution in [0.5, 0.6) is 0 Å². The van der Waals surface area contributed by atoms with Crippen LogP contribution < -0.4 is 11.1 Å². The molecule has 0 spiro atoms. The second-order valence-corrected chi connectivity index (χ2v) is 4.73. The standard InChI is InChI=1S/C15H15FN4/c1-20-14-6-5-12(17)8-13(14)19-15(20)18-9-10-3-2-4-11(16)7-10/h2-8H,9,17H2,1H3,(H,18,19). The molecule has 0 atom stereocenters. The molecule has 0 fully saturated rings. The van der Waals surface area contributed by atoms with E-state index in [0.29, 0.717) is 12.2 Å². The van der Waals surface area contributed by atoms with Gasteiger partial charge in [-0.25, -0.2) is 9.37 Å². The van der Waals surface area contributed by atoms with Crippen molar-refractivity contribution in [3.63, 3.8) is 0 Å². The Kier molecular flexibility index (Phi) is 3.02. The number of nitrogens with two attached hydrogens (primary N) is 1. The largest absolute Gasteiger partial charge is 0.399 e. The van der Waals surface area contributed by atoms with Gasteiger partial charge >= 0.3 is 0 Å². The van der Waals surface area contributed by atoms with E-state index in [4.69, 9.17) is 5.73 Å². The van der Waals surface area contributed by atoms with Gasteiger partial charge in [-0.2, -0.15) is 0 Å². The van der Waals surface area contributed by atoms with Gasteiger partial charge in [0.2, 0.25) is 5.95 Å². The molecule has 1 heterocycles. The Hall–Kier alpha value is -2.56. The number of nitrogens with one attached hydrogen (secondary N) is 1. The zero-order chi connectivity index (χ0) is 14.1. The van der Waals surface area contributed by atoms with Gasteiger partial charge in [0.05, 0.1) is 11.0 Å². The minimum atomic E-state index is -0.234. The molecule has 2 aromatic carbocycles. The third kappa shape index (κ3) is 2.30. The lowest BCUT2D eigenvalue weighted by Gasteiger charge is -2.06. The number of nitrogen functional groups attached to an aromatic ring is 1. The summed E-state index contributed by atoms with van der Waals surface area (Å²) in [4.78, 5) is 4.49. The maximum atomic E-state index is 13.1. The predicted octanol–water partition coefficient (Wildman–Crippen LogP) is 2.91. The van der Waals surface area contributed by atoms with Gasteiger partial charge < -0.3 is 15.6 Å². The number of benzene rings is 2. The van der Waals surface area contributed by atoms with E-state index < -0.39 is 0 Å². The summed E-state index contributed by atoms with van der Waals surface area (Å²) >= 11 is 0. The molecule has 0 bridgehead atoms. The van der Waals surface area contributed by atoms with Crippen LogP contribution in [0.25, 0.3) is 11.0 Å². The summed E-state index contributed by atoms with van der Waals surface area (Å²) in [5, 5.41) is 3.21. The lowest BCUT2D eigenvalue weighted by Crippen LogP contribution is -2.05. The highest BCUT2D eigenvalue weighted by molar-refractivity contribution is 5.81. The maximum Gasteiger partial charge on any atom is 0.203 e. The second-order valence-electron chi connectivity index (χ2n) is 4.73. The van der Waals surface area contributed by atoms with Crippen LogP contribution in [-0.4, -0.2) is 9.55 Å². The molecule has 0 aliphatic carbocycles. The first-order valence-corrected chi connectivity index (χ1v) is 6.34. The Bertz CT molecular complexity index is 764. The summed E-state index contributed by atoms with van der Waals surface area (Å²) in [5.74, 6) is 0.497. The number of aromatic nitrogens is 2. The molecule has 3 rings (SSSR count). The van der Waals surface area contributed by atoms with E-state index in [1.807, 2.05) is 35.9 Å². The molecule has 3 N–H and O–H groups in total. The van der Waals surface area contributed by atoms with Crippen LogP contribution in [0.1, 0.15) is 5.56 Å². The van der Waals surface area contributed by atoms with Crippen molar-refractivity contribution < 1.29 is 4.39 Å². The fraction of sp³-hybridized carbons (Fsp3) is 0.133. The molecule has 0 aliphatic heterocycles. The first kappa shape index (κ1) is 12.5. The molecule has 1 aromatic heterocycles. The SMILES string of the molecule is Cn1c(NCc2cccc(F)c2)nc2cc(N)ccc21. The molecule has 4 nitrogen and oxygen atoms in total. The summed E-state index contributed by atoms with van der Waals surface area (Å²) in [6, 6.07) is 12.1. The molecular formula is C15H15FN4. The number of fused-ring (bicyclic) bond motifs is 1. The van der Waals surface area contributed by atoms with Crippen LogP contribution >= 0.6 is 0 Å². The number of rotatable bonds is 3. The van der Waals surface area contributed by atoms with Crippen LogP contribution in [0.4, 0.5) is 16.0 Å². The van der Waals surface area contributed by atoms with Crippen molar-refractivity contribution in [2.24, 2.45) is 7.05 Å². The molecule has 0 unspecified atom stereocenters. The van der Waals surface area contributed by atoms with Gasteiger partial charge in [-0.1, -0.05) is 12.1 Å². The quantitative estimate of drug-likeness (QED) is 0.719. The molecule has 0 radical (unpaired) electrons. The van der Waals surface area contributed by atoms with Gasteiger partial charge in [0, 0.05) is 19.3 Å². The minimum absolute atomic E-state index is 0.234. The molecule has 0 aliphatic rings. The normalized spacial score (nSPS) is 10.9. The zero-order valence-electron chi connectivity index (χ0n) is 11.1. The molecule has 0 saturated carbocycles. The molecule has 20 heavy (non-hydrogen) atoms. The summed E-state index contributed by atoms with van der Waals surface area (Å²) in [5.41, 5.74) is 9.16. The number of aryl methyl sites for hydroxylation is 1. The number of nitrogens with zero attached hydrogens (tertiary/aromatic N) is 2. The van der Waals surface area contributed by atoms with Crippen molar-refractivity contribution in [1.29, 1.82) is 0 Å². The molecule has 5 heteroatoms. The van der Waals surface area contributed by atoms with E-state index in [1.54, 1.807) is 6.07 Å². The zero-order valence-corrected chi connectivity index (χ0v) is 11.1. The van der Waals surface area contributed by atoms with E-state index in [-0.39, 0.29) is 5.82 Å². The fourth-order valence-electron chi connectivity index (χ4n) is 2.20. The highest BCUT2D eigenvalue weighted by Gasteiger charge is 2.07. The molecule has 0 amide bonds. The van der Waals surface area contributed by atoms with Gasteiger partial charge in [0.15, 0.2) is 0 Å². The summed E-state index contributed by atoms with van der Waals surface area (Å²) in [6.07, 6.45) is 0. The van der Waals surface area contributed by atoms with E-state index >= 15 is 0 Å². The van der Waals surface area contributed by atoms with Gasteiger partial charge in [-0.15, -0.1) is 0 Å². The van der Waals surface area contributed by atoms with Crippen molar-refractivity contribution in [1.82, 2.24) is 9.55 Å².